The minimum Gasteiger partial charge on any atom is -0.361 e. The molecule has 0 unspecified atom stereocenters. The molecule has 0 aliphatic heterocycles. The number of nitrogens with zero attached hydrogens (tertiary/aromatic N) is 3. The van der Waals surface area contributed by atoms with E-state index in [1.54, 1.807) is 25.1 Å². The Hall–Kier alpha value is -3.69. The van der Waals surface area contributed by atoms with E-state index in [4.69, 9.17) is 27.7 Å². The Kier molecular flexibility index (Phi) is 6.71. The van der Waals surface area contributed by atoms with E-state index in [2.05, 4.69) is 31.0 Å². The van der Waals surface area contributed by atoms with Crippen LogP contribution in [0.25, 0.3) is 11.3 Å². The summed E-state index contributed by atoms with van der Waals surface area (Å²) in [6.45, 7) is 1.70. The molecule has 0 atom stereocenters. The van der Waals surface area contributed by atoms with Crippen molar-refractivity contribution in [3.05, 3.63) is 87.5 Å². The van der Waals surface area contributed by atoms with Crippen LogP contribution in [0, 0.1) is 12.7 Å². The molecule has 0 saturated heterocycles. The van der Waals surface area contributed by atoms with Gasteiger partial charge in [-0.25, -0.2) is 9.38 Å². The average molecular weight is 487 g/mol. The number of hydrogen-bond donors (Lipinski definition) is 3. The number of carbonyl (C=O) groups is 1. The number of guanidine groups is 1. The number of nitrogens with one attached hydrogen (secondary N) is 3. The lowest BCUT2D eigenvalue weighted by atomic mass is 10.1. The largest absolute Gasteiger partial charge is 0.361 e. The van der Waals surface area contributed by atoms with Crippen molar-refractivity contribution >= 4 is 40.9 Å². The van der Waals surface area contributed by atoms with Gasteiger partial charge in [-0.15, -0.1) is 0 Å². The van der Waals surface area contributed by atoms with Crippen LogP contribution in [0.4, 0.5) is 10.2 Å². The van der Waals surface area contributed by atoms with Crippen molar-refractivity contribution in [1.29, 1.82) is 0 Å². The zero-order chi connectivity index (χ0) is 23.4. The first-order chi connectivity index (χ1) is 15.9. The molecule has 0 aliphatic carbocycles. The van der Waals surface area contributed by atoms with E-state index < -0.39 is 11.7 Å². The summed E-state index contributed by atoms with van der Waals surface area (Å²) < 4.78 is 18.3. The Labute approximate surface area is 197 Å². The monoisotopic (exact) mass is 486 g/mol. The van der Waals surface area contributed by atoms with E-state index in [-0.39, 0.29) is 23.1 Å². The van der Waals surface area contributed by atoms with E-state index in [1.165, 1.54) is 24.4 Å². The normalized spacial score (nSPS) is 11.5. The van der Waals surface area contributed by atoms with Gasteiger partial charge in [-0.2, -0.15) is 5.10 Å². The molecule has 4 rings (SSSR count). The van der Waals surface area contributed by atoms with Gasteiger partial charge >= 0.3 is 0 Å². The maximum absolute atomic E-state index is 13.3. The maximum Gasteiger partial charge on any atom is 0.263 e. The molecule has 2 heterocycles. The van der Waals surface area contributed by atoms with Crippen LogP contribution in [0.5, 0.6) is 0 Å². The van der Waals surface area contributed by atoms with Gasteiger partial charge in [0.2, 0.25) is 5.96 Å². The van der Waals surface area contributed by atoms with Crippen LogP contribution in [-0.4, -0.2) is 27.2 Å². The van der Waals surface area contributed by atoms with Crippen molar-refractivity contribution in [1.82, 2.24) is 20.7 Å². The van der Waals surface area contributed by atoms with Crippen LogP contribution in [0.2, 0.25) is 10.0 Å². The maximum atomic E-state index is 13.3. The summed E-state index contributed by atoms with van der Waals surface area (Å²) in [6, 6.07) is 13.0. The second-order valence-corrected chi connectivity index (χ2v) is 7.79. The number of rotatable bonds is 5. The van der Waals surface area contributed by atoms with Gasteiger partial charge in [0, 0.05) is 16.1 Å². The predicted octanol–water partition coefficient (Wildman–Crippen LogP) is 5.22. The third kappa shape index (κ3) is 5.57. The number of halogens is 3. The second-order valence-electron chi connectivity index (χ2n) is 6.95. The minimum absolute atomic E-state index is 0.0822. The molecule has 168 valence electrons. The molecule has 8 nitrogen and oxygen atoms in total. The van der Waals surface area contributed by atoms with Gasteiger partial charge in [0.15, 0.2) is 5.82 Å². The van der Waals surface area contributed by atoms with Crippen molar-refractivity contribution in [2.45, 2.75) is 13.5 Å². The lowest BCUT2D eigenvalue weighted by Crippen LogP contribution is -2.36. The summed E-state index contributed by atoms with van der Waals surface area (Å²) in [6.07, 6.45) is 1.31. The molecule has 0 aliphatic rings. The number of hydrogen-bond acceptors (Lipinski definition) is 5. The molecule has 0 fully saturated rings. The molecule has 33 heavy (non-hydrogen) atoms. The fourth-order valence-electron chi connectivity index (χ4n) is 2.90. The van der Waals surface area contributed by atoms with E-state index in [9.17, 15) is 9.18 Å². The van der Waals surface area contributed by atoms with E-state index >= 15 is 0 Å². The highest BCUT2D eigenvalue weighted by Gasteiger charge is 2.16. The van der Waals surface area contributed by atoms with Gasteiger partial charge in [0.25, 0.3) is 5.91 Å². The highest BCUT2D eigenvalue weighted by atomic mass is 35.5. The Morgan fingerprint density at radius 2 is 1.97 bits per heavy atom. The number of benzene rings is 2. The number of aromatic amines is 1. The third-order valence-electron chi connectivity index (χ3n) is 4.63. The molecular weight excluding hydrogens is 470 g/mol. The van der Waals surface area contributed by atoms with E-state index in [1.807, 2.05) is 12.1 Å². The quantitative estimate of drug-likeness (QED) is 0.264. The van der Waals surface area contributed by atoms with Crippen LogP contribution in [-0.2, 0) is 6.54 Å². The molecule has 2 aromatic heterocycles. The summed E-state index contributed by atoms with van der Waals surface area (Å²) in [4.78, 5) is 17.1. The zero-order valence-electron chi connectivity index (χ0n) is 17.2. The molecule has 0 radical (unpaired) electrons. The van der Waals surface area contributed by atoms with Crippen LogP contribution in [0.3, 0.4) is 0 Å². The Balaban J connectivity index is 1.57. The van der Waals surface area contributed by atoms with Gasteiger partial charge < -0.3 is 9.84 Å². The number of carbonyl (C=O) groups excluding carboxylic acids is 1. The van der Waals surface area contributed by atoms with Gasteiger partial charge in [-0.3, -0.25) is 15.2 Å². The van der Waals surface area contributed by atoms with Crippen LogP contribution < -0.4 is 10.6 Å². The van der Waals surface area contributed by atoms with Crippen molar-refractivity contribution in [2.75, 3.05) is 5.32 Å². The van der Waals surface area contributed by atoms with Crippen LogP contribution in [0.15, 0.2) is 64.2 Å². The van der Waals surface area contributed by atoms with Crippen LogP contribution in [0.1, 0.15) is 21.7 Å². The summed E-state index contributed by atoms with van der Waals surface area (Å²) in [5.41, 5.74) is 2.45. The first kappa shape index (κ1) is 22.5. The summed E-state index contributed by atoms with van der Waals surface area (Å²) in [5, 5.41) is 17.3. The highest BCUT2D eigenvalue weighted by Crippen LogP contribution is 2.22. The Morgan fingerprint density at radius 3 is 2.67 bits per heavy atom. The third-order valence-corrected chi connectivity index (χ3v) is 5.23. The molecule has 4 aromatic rings. The van der Waals surface area contributed by atoms with Crippen molar-refractivity contribution in [2.24, 2.45) is 4.99 Å². The Morgan fingerprint density at radius 1 is 1.18 bits per heavy atom. The summed E-state index contributed by atoms with van der Waals surface area (Å²) in [7, 11) is 0. The molecule has 11 heteroatoms. The topological polar surface area (TPSA) is 108 Å². The SMILES string of the molecule is Cc1oncc1C(=O)NC(=NCc1ccc(F)cc1Cl)Nc1cc(-c2ccc(Cl)cc2)[nH]n1. The standard InChI is InChI=1S/C22H17Cl2FN6O2/c1-12-17(11-27-33-12)21(32)29-22(26-10-14-4-7-16(25)8-18(14)24)28-20-9-19(30-31-20)13-2-5-15(23)6-3-13/h2-9,11H,10H2,1H3,(H3,26,28,29,30,31,32). The smallest absolute Gasteiger partial charge is 0.263 e. The van der Waals surface area contributed by atoms with Gasteiger partial charge in [0.05, 0.1) is 18.4 Å². The molecule has 0 saturated carbocycles. The second kappa shape index (κ2) is 9.85. The Bertz CT molecular complexity index is 1320. The minimum atomic E-state index is -0.473. The number of aliphatic imine (C=N–C) groups is 1. The molecule has 2 aromatic carbocycles. The van der Waals surface area contributed by atoms with Gasteiger partial charge in [0.1, 0.15) is 17.1 Å². The zero-order valence-corrected chi connectivity index (χ0v) is 18.7. The molecule has 0 bridgehead atoms. The van der Waals surface area contributed by atoms with Gasteiger partial charge in [-0.1, -0.05) is 46.6 Å². The lowest BCUT2D eigenvalue weighted by Gasteiger charge is -2.10. The predicted molar refractivity (Wildman–Crippen MR) is 124 cm³/mol. The fraction of sp³-hybridized carbons (Fsp3) is 0.0909. The first-order valence-corrected chi connectivity index (χ1v) is 10.4. The number of H-pyrrole nitrogens is 1. The average Bonchev–Trinajstić information content (AvgIpc) is 3.42. The number of amides is 1. The summed E-state index contributed by atoms with van der Waals surface area (Å²) in [5.74, 6) is -0.0492. The first-order valence-electron chi connectivity index (χ1n) is 9.68. The molecule has 0 spiro atoms. The number of aromatic nitrogens is 3. The van der Waals surface area contributed by atoms with Crippen LogP contribution >= 0.6 is 23.2 Å². The molecule has 1 amide bonds. The summed E-state index contributed by atoms with van der Waals surface area (Å²) >= 11 is 12.0. The van der Waals surface area contributed by atoms with E-state index in [0.717, 1.165) is 11.3 Å². The molecular formula is C22H17Cl2FN6O2. The van der Waals surface area contributed by atoms with Crippen molar-refractivity contribution in [3.63, 3.8) is 0 Å². The van der Waals surface area contributed by atoms with E-state index in [0.29, 0.717) is 22.2 Å². The molecule has 3 N–H and O–H groups in total. The highest BCUT2D eigenvalue weighted by molar-refractivity contribution is 6.31. The lowest BCUT2D eigenvalue weighted by molar-refractivity contribution is 0.0975. The van der Waals surface area contributed by atoms with Crippen molar-refractivity contribution in [3.8, 4) is 11.3 Å². The van der Waals surface area contributed by atoms with Crippen molar-refractivity contribution < 1.29 is 13.7 Å². The number of anilines is 1. The number of aryl methyl sites for hydroxylation is 1. The van der Waals surface area contributed by atoms with Gasteiger partial charge in [-0.05, 0) is 42.3 Å². The fourth-order valence-corrected chi connectivity index (χ4v) is 3.25.